The summed E-state index contributed by atoms with van der Waals surface area (Å²) in [4.78, 5) is 5.77. The van der Waals surface area contributed by atoms with Crippen molar-refractivity contribution in [1.29, 1.82) is 0 Å². The average molecular weight is 314 g/mol. The molecule has 3 rings (SSSR count). The van der Waals surface area contributed by atoms with Crippen LogP contribution in [0.15, 0.2) is 30.5 Å². The van der Waals surface area contributed by atoms with Crippen molar-refractivity contribution in [2.45, 2.75) is 12.8 Å². The van der Waals surface area contributed by atoms with Crippen LogP contribution in [-0.2, 0) is 6.42 Å². The van der Waals surface area contributed by atoms with Gasteiger partial charge in [-0.3, -0.25) is 0 Å². The molecule has 126 valence electrons. The topological polar surface area (TPSA) is 43.1 Å². The van der Waals surface area contributed by atoms with Crippen LogP contribution in [0.3, 0.4) is 0 Å². The molecule has 4 heteroatoms. The average Bonchev–Trinajstić information content (AvgIpc) is 2.97. The number of nitrogens with zero attached hydrogens (tertiary/aromatic N) is 1. The van der Waals surface area contributed by atoms with E-state index in [9.17, 15) is 0 Å². The highest BCUT2D eigenvalue weighted by Gasteiger charge is 2.13. The van der Waals surface area contributed by atoms with Crippen molar-refractivity contribution in [1.82, 2.24) is 20.5 Å². The summed E-state index contributed by atoms with van der Waals surface area (Å²) >= 11 is 0. The van der Waals surface area contributed by atoms with Gasteiger partial charge >= 0.3 is 0 Å². The van der Waals surface area contributed by atoms with E-state index in [2.05, 4.69) is 58.0 Å². The van der Waals surface area contributed by atoms with Crippen molar-refractivity contribution < 1.29 is 0 Å². The molecule has 0 fully saturated rings. The Morgan fingerprint density at radius 2 is 2.00 bits per heavy atom. The van der Waals surface area contributed by atoms with Crippen LogP contribution < -0.4 is 10.6 Å². The smallest absolute Gasteiger partial charge is 0.0460 e. The highest BCUT2D eigenvalue weighted by atomic mass is 15.1. The number of aromatic nitrogens is 1. The maximum Gasteiger partial charge on any atom is 0.0460 e. The minimum atomic E-state index is 1.03. The van der Waals surface area contributed by atoms with Crippen molar-refractivity contribution >= 4 is 16.5 Å². The molecule has 1 aromatic heterocycles. The van der Waals surface area contributed by atoms with Crippen molar-refractivity contribution in [3.8, 4) is 0 Å². The number of benzene rings is 1. The van der Waals surface area contributed by atoms with Crippen LogP contribution in [0.25, 0.3) is 16.5 Å². The zero-order chi connectivity index (χ0) is 16.7. The van der Waals surface area contributed by atoms with Gasteiger partial charge in [0, 0.05) is 35.8 Å². The molecule has 1 aromatic carbocycles. The number of H-pyrrole nitrogens is 1. The number of hydrogen-bond acceptors (Lipinski definition) is 3. The quantitative estimate of drug-likeness (QED) is 0.812. The molecule has 0 bridgehead atoms. The molecule has 0 unspecified atom stereocenters. The first kappa shape index (κ1) is 17.7. The SMILES string of the molecule is CNC.CNCCc1ccc2[nH]cc(C3=CCN(C)CC3)c2c1. The fourth-order valence-corrected chi connectivity index (χ4v) is 2.87. The van der Waals surface area contributed by atoms with Crippen molar-refractivity contribution in [3.63, 3.8) is 0 Å². The molecule has 4 nitrogen and oxygen atoms in total. The first-order valence-corrected chi connectivity index (χ1v) is 8.40. The predicted octanol–water partition coefficient (Wildman–Crippen LogP) is 2.48. The van der Waals surface area contributed by atoms with E-state index in [1.54, 1.807) is 0 Å². The van der Waals surface area contributed by atoms with Crippen molar-refractivity contribution in [3.05, 3.63) is 41.6 Å². The maximum atomic E-state index is 3.41. The lowest BCUT2D eigenvalue weighted by Crippen LogP contribution is -2.23. The van der Waals surface area contributed by atoms with Gasteiger partial charge in [0.1, 0.15) is 0 Å². The molecule has 0 saturated carbocycles. The highest BCUT2D eigenvalue weighted by Crippen LogP contribution is 2.29. The number of likely N-dealkylation sites (N-methyl/N-ethyl adjacent to an activating group) is 2. The maximum absolute atomic E-state index is 3.41. The zero-order valence-electron chi connectivity index (χ0n) is 14.9. The van der Waals surface area contributed by atoms with Gasteiger partial charge in [0.05, 0.1) is 0 Å². The summed E-state index contributed by atoms with van der Waals surface area (Å²) in [7, 11) is 7.93. The Morgan fingerprint density at radius 1 is 1.22 bits per heavy atom. The molecule has 23 heavy (non-hydrogen) atoms. The Bertz CT molecular complexity index is 642. The molecule has 2 heterocycles. The standard InChI is InChI=1S/C17H23N3.C2H7N/c1-18-8-5-13-3-4-17-15(11-13)16(12-19-17)14-6-9-20(2)10-7-14;1-3-2/h3-4,6,11-12,18-19H,5,7-10H2,1-2H3;3H,1-2H3. The molecule has 0 aliphatic carbocycles. The Kier molecular flexibility index (Phi) is 6.84. The van der Waals surface area contributed by atoms with Crippen LogP contribution in [-0.4, -0.2) is 57.7 Å². The Hall–Kier alpha value is -1.62. The van der Waals surface area contributed by atoms with Gasteiger partial charge in [-0.25, -0.2) is 0 Å². The molecule has 2 aromatic rings. The zero-order valence-corrected chi connectivity index (χ0v) is 14.9. The first-order chi connectivity index (χ1) is 11.2. The summed E-state index contributed by atoms with van der Waals surface area (Å²) in [6.07, 6.45) is 6.76. The van der Waals surface area contributed by atoms with Crippen LogP contribution in [0.2, 0.25) is 0 Å². The second kappa shape index (κ2) is 8.87. The number of nitrogens with one attached hydrogen (secondary N) is 3. The molecular weight excluding hydrogens is 284 g/mol. The number of hydrogen-bond donors (Lipinski definition) is 3. The van der Waals surface area contributed by atoms with E-state index in [1.165, 1.54) is 27.6 Å². The van der Waals surface area contributed by atoms with E-state index in [-0.39, 0.29) is 0 Å². The molecule has 1 aliphatic heterocycles. The van der Waals surface area contributed by atoms with Gasteiger partial charge in [0.2, 0.25) is 0 Å². The van der Waals surface area contributed by atoms with Crippen LogP contribution in [0.1, 0.15) is 17.5 Å². The van der Waals surface area contributed by atoms with Gasteiger partial charge in [-0.15, -0.1) is 0 Å². The van der Waals surface area contributed by atoms with E-state index in [0.29, 0.717) is 0 Å². The van der Waals surface area contributed by atoms with E-state index < -0.39 is 0 Å². The van der Waals surface area contributed by atoms with Crippen molar-refractivity contribution in [2.24, 2.45) is 0 Å². The summed E-state index contributed by atoms with van der Waals surface area (Å²) < 4.78 is 0. The summed E-state index contributed by atoms with van der Waals surface area (Å²) in [6, 6.07) is 6.78. The van der Waals surface area contributed by atoms with Gasteiger partial charge < -0.3 is 20.5 Å². The Morgan fingerprint density at radius 3 is 2.65 bits per heavy atom. The fourth-order valence-electron chi connectivity index (χ4n) is 2.87. The largest absolute Gasteiger partial charge is 0.361 e. The number of rotatable bonds is 4. The lowest BCUT2D eigenvalue weighted by molar-refractivity contribution is 0.370. The lowest BCUT2D eigenvalue weighted by Gasteiger charge is -2.21. The summed E-state index contributed by atoms with van der Waals surface area (Å²) in [5, 5.41) is 7.34. The van der Waals surface area contributed by atoms with E-state index in [0.717, 1.165) is 32.5 Å². The van der Waals surface area contributed by atoms with Crippen LogP contribution in [0.4, 0.5) is 0 Å². The minimum absolute atomic E-state index is 1.03. The molecule has 0 radical (unpaired) electrons. The Labute approximate surface area is 140 Å². The predicted molar refractivity (Wildman–Crippen MR) is 101 cm³/mol. The van der Waals surface area contributed by atoms with Gasteiger partial charge in [-0.05, 0) is 70.8 Å². The van der Waals surface area contributed by atoms with Crippen LogP contribution in [0, 0.1) is 0 Å². The molecule has 3 N–H and O–H groups in total. The number of aromatic amines is 1. The summed E-state index contributed by atoms with van der Waals surface area (Å²) in [6.45, 7) is 3.23. The van der Waals surface area contributed by atoms with Gasteiger partial charge in [-0.1, -0.05) is 12.1 Å². The Balaban J connectivity index is 0.000000595. The third kappa shape index (κ3) is 4.67. The normalized spacial score (nSPS) is 15.2. The highest BCUT2D eigenvalue weighted by molar-refractivity contribution is 5.93. The van der Waals surface area contributed by atoms with Gasteiger partial charge in [0.25, 0.3) is 0 Å². The van der Waals surface area contributed by atoms with E-state index in [4.69, 9.17) is 0 Å². The first-order valence-electron chi connectivity index (χ1n) is 8.40. The third-order valence-corrected chi connectivity index (χ3v) is 4.17. The summed E-state index contributed by atoms with van der Waals surface area (Å²) in [5.74, 6) is 0. The van der Waals surface area contributed by atoms with Gasteiger partial charge in [0.15, 0.2) is 0 Å². The molecule has 1 aliphatic rings. The molecule has 0 atom stereocenters. The number of fused-ring (bicyclic) bond motifs is 1. The second-order valence-corrected chi connectivity index (χ2v) is 6.18. The summed E-state index contributed by atoms with van der Waals surface area (Å²) in [5.41, 5.74) is 5.52. The van der Waals surface area contributed by atoms with Gasteiger partial charge in [-0.2, -0.15) is 0 Å². The fraction of sp³-hybridized carbons (Fsp3) is 0.474. The third-order valence-electron chi connectivity index (χ3n) is 4.17. The van der Waals surface area contributed by atoms with E-state index >= 15 is 0 Å². The molecule has 0 amide bonds. The van der Waals surface area contributed by atoms with Crippen molar-refractivity contribution in [2.75, 3.05) is 47.8 Å². The second-order valence-electron chi connectivity index (χ2n) is 6.18. The molecular formula is C19H30N4. The molecule has 0 spiro atoms. The van der Waals surface area contributed by atoms with Crippen LogP contribution >= 0.6 is 0 Å². The van der Waals surface area contributed by atoms with Crippen LogP contribution in [0.5, 0.6) is 0 Å². The lowest BCUT2D eigenvalue weighted by atomic mass is 9.98. The molecule has 0 saturated heterocycles. The van der Waals surface area contributed by atoms with E-state index in [1.807, 2.05) is 21.1 Å². The monoisotopic (exact) mass is 314 g/mol. The minimum Gasteiger partial charge on any atom is -0.361 e.